The Morgan fingerprint density at radius 3 is 1.88 bits per heavy atom. The van der Waals surface area contributed by atoms with Gasteiger partial charge in [0.25, 0.3) is 0 Å². The second kappa shape index (κ2) is 9.25. The highest BCUT2D eigenvalue weighted by Crippen LogP contribution is 2.05. The molecule has 0 saturated carbocycles. The molecule has 0 N–H and O–H groups in total. The Hall–Kier alpha value is -0.990. The molecule has 0 rings (SSSR count). The third-order valence-corrected chi connectivity index (χ3v) is 2.44. The number of rotatable bonds is 10. The maximum atomic E-state index is 11.3. The first-order valence-corrected chi connectivity index (χ1v) is 6.09. The highest BCUT2D eigenvalue weighted by atomic mass is 16.1. The van der Waals surface area contributed by atoms with Gasteiger partial charge >= 0.3 is 0 Å². The lowest BCUT2D eigenvalue weighted by Crippen LogP contribution is -2.08. The first-order chi connectivity index (χ1) is 7.56. The molecule has 92 valence electrons. The minimum absolute atomic E-state index is 0.0252. The van der Waals surface area contributed by atoms with Crippen LogP contribution in [0.2, 0.25) is 0 Å². The van der Waals surface area contributed by atoms with Crippen molar-refractivity contribution in [2.24, 2.45) is 0 Å². The second-order valence-corrected chi connectivity index (χ2v) is 4.27. The van der Waals surface area contributed by atoms with Crippen LogP contribution < -0.4 is 0 Å². The second-order valence-electron chi connectivity index (χ2n) is 4.27. The number of hydrogen-bond acceptors (Lipinski definition) is 3. The highest BCUT2D eigenvalue weighted by Gasteiger charge is 2.09. The predicted molar refractivity (Wildman–Crippen MR) is 63.3 cm³/mol. The van der Waals surface area contributed by atoms with Crippen molar-refractivity contribution in [1.82, 2.24) is 0 Å². The first kappa shape index (κ1) is 15.0. The molecule has 0 aliphatic carbocycles. The molecule has 0 heterocycles. The van der Waals surface area contributed by atoms with E-state index in [1.807, 2.05) is 0 Å². The van der Waals surface area contributed by atoms with Crippen LogP contribution in [0.15, 0.2) is 0 Å². The van der Waals surface area contributed by atoms with E-state index in [0.717, 1.165) is 19.3 Å². The monoisotopic (exact) mass is 226 g/mol. The molecule has 0 aliphatic rings. The summed E-state index contributed by atoms with van der Waals surface area (Å²) in [5.41, 5.74) is 0. The lowest BCUT2D eigenvalue weighted by atomic mass is 10.0. The van der Waals surface area contributed by atoms with Crippen molar-refractivity contribution in [2.45, 2.75) is 65.2 Å². The summed E-state index contributed by atoms with van der Waals surface area (Å²) in [5.74, 6) is 0.117. The van der Waals surface area contributed by atoms with E-state index < -0.39 is 0 Å². The molecule has 3 nitrogen and oxygen atoms in total. The normalized spacial score (nSPS) is 10.1. The van der Waals surface area contributed by atoms with E-state index in [4.69, 9.17) is 0 Å². The predicted octanol–water partition coefficient (Wildman–Crippen LogP) is 2.85. The fraction of sp³-hybridized carbons (Fsp3) is 0.769. The van der Waals surface area contributed by atoms with E-state index in [2.05, 4.69) is 6.92 Å². The summed E-state index contributed by atoms with van der Waals surface area (Å²) in [4.78, 5) is 33.3. The Balaban J connectivity index is 3.54. The summed E-state index contributed by atoms with van der Waals surface area (Å²) in [6, 6.07) is 0. The molecule has 0 aliphatic heterocycles. The van der Waals surface area contributed by atoms with Gasteiger partial charge in [-0.2, -0.15) is 0 Å². The molecule has 0 spiro atoms. The van der Waals surface area contributed by atoms with E-state index >= 15 is 0 Å². The Morgan fingerprint density at radius 2 is 1.38 bits per heavy atom. The van der Waals surface area contributed by atoms with Crippen LogP contribution in [0.4, 0.5) is 0 Å². The van der Waals surface area contributed by atoms with Gasteiger partial charge in [-0.1, -0.05) is 19.8 Å². The van der Waals surface area contributed by atoms with Crippen molar-refractivity contribution < 1.29 is 14.4 Å². The molecule has 3 heteroatoms. The molecule has 0 radical (unpaired) electrons. The Kier molecular flexibility index (Phi) is 8.68. The van der Waals surface area contributed by atoms with E-state index in [0.29, 0.717) is 25.7 Å². The van der Waals surface area contributed by atoms with Crippen molar-refractivity contribution in [3.8, 4) is 0 Å². The van der Waals surface area contributed by atoms with Gasteiger partial charge in [0.1, 0.15) is 17.3 Å². The van der Waals surface area contributed by atoms with Crippen LogP contribution in [-0.4, -0.2) is 17.3 Å². The van der Waals surface area contributed by atoms with Gasteiger partial charge in [0.05, 0.1) is 6.42 Å². The average molecular weight is 226 g/mol. The van der Waals surface area contributed by atoms with Gasteiger partial charge in [-0.05, 0) is 19.8 Å². The van der Waals surface area contributed by atoms with Crippen LogP contribution in [0.1, 0.15) is 65.2 Å². The van der Waals surface area contributed by atoms with Gasteiger partial charge in [0.15, 0.2) is 0 Å². The first-order valence-electron chi connectivity index (χ1n) is 6.09. The minimum Gasteiger partial charge on any atom is -0.300 e. The topological polar surface area (TPSA) is 51.2 Å². The summed E-state index contributed by atoms with van der Waals surface area (Å²) in [7, 11) is 0. The SMILES string of the molecule is CCCCCC(=O)CC(=O)CCCC(C)=O. The zero-order valence-electron chi connectivity index (χ0n) is 10.4. The number of Topliss-reactive ketones (excluding diaryl/α,β-unsaturated/α-hetero) is 3. The minimum atomic E-state index is -0.0252. The quantitative estimate of drug-likeness (QED) is 0.425. The highest BCUT2D eigenvalue weighted by molar-refractivity contribution is 5.99. The molecule has 0 amide bonds. The summed E-state index contributed by atoms with van der Waals surface area (Å²) < 4.78 is 0. The number of hydrogen-bond donors (Lipinski definition) is 0. The van der Waals surface area contributed by atoms with E-state index in [1.54, 1.807) is 0 Å². The molecular weight excluding hydrogens is 204 g/mol. The Labute approximate surface area is 97.6 Å². The fourth-order valence-electron chi connectivity index (χ4n) is 1.50. The summed E-state index contributed by atoms with van der Waals surface area (Å²) in [6.07, 6.45) is 4.97. The Morgan fingerprint density at radius 1 is 0.812 bits per heavy atom. The van der Waals surface area contributed by atoms with Crippen LogP contribution in [0.5, 0.6) is 0 Å². The van der Waals surface area contributed by atoms with Crippen LogP contribution in [0, 0.1) is 0 Å². The van der Waals surface area contributed by atoms with Crippen molar-refractivity contribution in [2.75, 3.05) is 0 Å². The van der Waals surface area contributed by atoms with Crippen LogP contribution in [0.25, 0.3) is 0 Å². The standard InChI is InChI=1S/C13H22O3/c1-3-4-5-8-12(15)10-13(16)9-6-7-11(2)14/h3-10H2,1-2H3. The van der Waals surface area contributed by atoms with Crippen molar-refractivity contribution in [3.63, 3.8) is 0 Å². The van der Waals surface area contributed by atoms with Gasteiger partial charge in [0, 0.05) is 19.3 Å². The lowest BCUT2D eigenvalue weighted by Gasteiger charge is -2.00. The van der Waals surface area contributed by atoms with Crippen molar-refractivity contribution in [1.29, 1.82) is 0 Å². The lowest BCUT2D eigenvalue weighted by molar-refractivity contribution is -0.127. The number of ketones is 3. The molecule has 16 heavy (non-hydrogen) atoms. The van der Waals surface area contributed by atoms with E-state index in [-0.39, 0.29) is 23.8 Å². The molecule has 0 fully saturated rings. The molecule has 0 aromatic carbocycles. The van der Waals surface area contributed by atoms with Crippen LogP contribution >= 0.6 is 0 Å². The van der Waals surface area contributed by atoms with E-state index in [1.165, 1.54) is 6.92 Å². The molecule has 0 aromatic rings. The third-order valence-electron chi connectivity index (χ3n) is 2.44. The van der Waals surface area contributed by atoms with Crippen molar-refractivity contribution >= 4 is 17.3 Å². The zero-order valence-corrected chi connectivity index (χ0v) is 10.4. The van der Waals surface area contributed by atoms with Gasteiger partial charge in [-0.25, -0.2) is 0 Å². The summed E-state index contributed by atoms with van der Waals surface area (Å²) in [6.45, 7) is 3.60. The van der Waals surface area contributed by atoms with Crippen LogP contribution in [-0.2, 0) is 14.4 Å². The zero-order chi connectivity index (χ0) is 12.4. The number of unbranched alkanes of at least 4 members (excludes halogenated alkanes) is 2. The maximum absolute atomic E-state index is 11.3. The smallest absolute Gasteiger partial charge is 0.140 e. The maximum Gasteiger partial charge on any atom is 0.140 e. The largest absolute Gasteiger partial charge is 0.300 e. The van der Waals surface area contributed by atoms with Crippen molar-refractivity contribution in [3.05, 3.63) is 0 Å². The fourth-order valence-corrected chi connectivity index (χ4v) is 1.50. The molecule has 0 saturated heterocycles. The molecule has 0 bridgehead atoms. The van der Waals surface area contributed by atoms with Gasteiger partial charge in [0.2, 0.25) is 0 Å². The van der Waals surface area contributed by atoms with Crippen LogP contribution in [0.3, 0.4) is 0 Å². The summed E-state index contributed by atoms with van der Waals surface area (Å²) >= 11 is 0. The number of carbonyl (C=O) groups excluding carboxylic acids is 3. The molecule has 0 aromatic heterocycles. The van der Waals surface area contributed by atoms with E-state index in [9.17, 15) is 14.4 Å². The molecular formula is C13H22O3. The van der Waals surface area contributed by atoms with Gasteiger partial charge in [-0.3, -0.25) is 9.59 Å². The number of carbonyl (C=O) groups is 3. The van der Waals surface area contributed by atoms with Gasteiger partial charge in [-0.15, -0.1) is 0 Å². The third kappa shape index (κ3) is 9.56. The van der Waals surface area contributed by atoms with Gasteiger partial charge < -0.3 is 4.79 Å². The summed E-state index contributed by atoms with van der Waals surface area (Å²) in [5, 5.41) is 0. The molecule has 0 unspecified atom stereocenters. The average Bonchev–Trinajstić information content (AvgIpc) is 2.17. The molecule has 0 atom stereocenters. The Bertz CT molecular complexity index is 244.